The number of nitrogens with zero attached hydrogens (tertiary/aromatic N) is 3. The molecule has 4 rings (SSSR count). The van der Waals surface area contributed by atoms with Crippen molar-refractivity contribution >= 4 is 22.6 Å². The van der Waals surface area contributed by atoms with Crippen molar-refractivity contribution in [2.45, 2.75) is 6.54 Å². The van der Waals surface area contributed by atoms with Crippen molar-refractivity contribution < 1.29 is 13.9 Å². The molecule has 0 aliphatic carbocycles. The summed E-state index contributed by atoms with van der Waals surface area (Å²) in [6, 6.07) is 14.8. The smallest absolute Gasteiger partial charge is 0.291 e. The number of furan rings is 1. The molecule has 4 aromatic rings. The number of hydrogen-bond acceptors (Lipinski definition) is 5. The Labute approximate surface area is 149 Å². The number of amides is 1. The van der Waals surface area contributed by atoms with Crippen LogP contribution >= 0.6 is 0 Å². The highest BCUT2D eigenvalue weighted by Crippen LogP contribution is 2.28. The van der Waals surface area contributed by atoms with E-state index in [0.29, 0.717) is 23.6 Å². The number of hydrogen-bond donors (Lipinski definition) is 1. The Morgan fingerprint density at radius 3 is 2.81 bits per heavy atom. The standard InChI is InChI=1S/C19H16N4O3/c1-25-16-4-2-3-14-9-17(26-18(14)16)19(24)22-15-7-5-13(6-8-15)10-23-12-20-11-21-23/h2-9,11-12H,10H2,1H3,(H,22,24). The summed E-state index contributed by atoms with van der Waals surface area (Å²) < 4.78 is 12.7. The highest BCUT2D eigenvalue weighted by molar-refractivity contribution is 6.05. The van der Waals surface area contributed by atoms with Gasteiger partial charge < -0.3 is 14.5 Å². The number of ether oxygens (including phenoxy) is 1. The molecular weight excluding hydrogens is 332 g/mol. The zero-order valence-corrected chi connectivity index (χ0v) is 14.0. The van der Waals surface area contributed by atoms with Crippen LogP contribution in [0, 0.1) is 0 Å². The van der Waals surface area contributed by atoms with E-state index < -0.39 is 0 Å². The lowest BCUT2D eigenvalue weighted by Crippen LogP contribution is -2.10. The van der Waals surface area contributed by atoms with Crippen molar-refractivity contribution in [3.63, 3.8) is 0 Å². The number of benzene rings is 2. The molecule has 1 N–H and O–H groups in total. The van der Waals surface area contributed by atoms with E-state index in [4.69, 9.17) is 9.15 Å². The number of carbonyl (C=O) groups is 1. The molecule has 0 aliphatic rings. The van der Waals surface area contributed by atoms with Crippen LogP contribution in [-0.2, 0) is 6.54 Å². The fraction of sp³-hybridized carbons (Fsp3) is 0.105. The molecule has 0 bridgehead atoms. The first-order chi connectivity index (χ1) is 12.7. The monoisotopic (exact) mass is 348 g/mol. The highest BCUT2D eigenvalue weighted by atomic mass is 16.5. The van der Waals surface area contributed by atoms with Crippen molar-refractivity contribution in [1.29, 1.82) is 0 Å². The number of aromatic nitrogens is 3. The summed E-state index contributed by atoms with van der Waals surface area (Å²) in [5.74, 6) is 0.516. The molecule has 0 radical (unpaired) electrons. The molecule has 2 heterocycles. The van der Waals surface area contributed by atoms with Crippen molar-refractivity contribution in [2.75, 3.05) is 12.4 Å². The number of rotatable bonds is 5. The lowest BCUT2D eigenvalue weighted by molar-refractivity contribution is 0.0998. The van der Waals surface area contributed by atoms with Gasteiger partial charge in [0.1, 0.15) is 12.7 Å². The minimum Gasteiger partial charge on any atom is -0.493 e. The van der Waals surface area contributed by atoms with Crippen LogP contribution in [0.3, 0.4) is 0 Å². The predicted octanol–water partition coefficient (Wildman–Crippen LogP) is 3.33. The second-order valence-electron chi connectivity index (χ2n) is 5.73. The van der Waals surface area contributed by atoms with Gasteiger partial charge in [-0.3, -0.25) is 4.79 Å². The lowest BCUT2D eigenvalue weighted by atomic mass is 10.2. The van der Waals surface area contributed by atoms with Gasteiger partial charge in [0.15, 0.2) is 17.1 Å². The van der Waals surface area contributed by atoms with E-state index in [1.807, 2.05) is 36.4 Å². The molecule has 26 heavy (non-hydrogen) atoms. The van der Waals surface area contributed by atoms with E-state index >= 15 is 0 Å². The van der Waals surface area contributed by atoms with Crippen molar-refractivity contribution in [3.8, 4) is 5.75 Å². The van der Waals surface area contributed by atoms with Crippen molar-refractivity contribution in [2.24, 2.45) is 0 Å². The molecule has 0 aliphatic heterocycles. The van der Waals surface area contributed by atoms with Crippen LogP contribution in [0.4, 0.5) is 5.69 Å². The summed E-state index contributed by atoms with van der Waals surface area (Å²) in [4.78, 5) is 16.4. The Morgan fingerprint density at radius 2 is 2.08 bits per heavy atom. The summed E-state index contributed by atoms with van der Waals surface area (Å²) in [7, 11) is 1.57. The zero-order chi connectivity index (χ0) is 17.9. The zero-order valence-electron chi connectivity index (χ0n) is 14.0. The van der Waals surface area contributed by atoms with Gasteiger partial charge in [-0.25, -0.2) is 9.67 Å². The maximum Gasteiger partial charge on any atom is 0.291 e. The minimum atomic E-state index is -0.313. The Hall–Kier alpha value is -3.61. The van der Waals surface area contributed by atoms with Crippen LogP contribution in [0.25, 0.3) is 11.0 Å². The Bertz CT molecular complexity index is 1040. The van der Waals surface area contributed by atoms with Gasteiger partial charge in [-0.1, -0.05) is 24.3 Å². The molecule has 2 aromatic heterocycles. The number of fused-ring (bicyclic) bond motifs is 1. The second-order valence-corrected chi connectivity index (χ2v) is 5.73. The Morgan fingerprint density at radius 1 is 1.23 bits per heavy atom. The van der Waals surface area contributed by atoms with Gasteiger partial charge in [0.05, 0.1) is 13.7 Å². The fourth-order valence-electron chi connectivity index (χ4n) is 2.70. The molecule has 0 fully saturated rings. The average molecular weight is 348 g/mol. The molecule has 0 unspecified atom stereocenters. The van der Waals surface area contributed by atoms with E-state index in [0.717, 1.165) is 10.9 Å². The van der Waals surface area contributed by atoms with Gasteiger partial charge in [-0.2, -0.15) is 5.10 Å². The molecule has 0 saturated carbocycles. The third-order valence-electron chi connectivity index (χ3n) is 3.97. The summed E-state index contributed by atoms with van der Waals surface area (Å²) >= 11 is 0. The summed E-state index contributed by atoms with van der Waals surface area (Å²) in [5, 5.41) is 7.72. The van der Waals surface area contributed by atoms with E-state index in [-0.39, 0.29) is 11.7 Å². The van der Waals surface area contributed by atoms with Crippen LogP contribution < -0.4 is 10.1 Å². The first-order valence-corrected chi connectivity index (χ1v) is 8.02. The molecule has 130 valence electrons. The highest BCUT2D eigenvalue weighted by Gasteiger charge is 2.15. The predicted molar refractivity (Wildman–Crippen MR) is 96.3 cm³/mol. The summed E-state index contributed by atoms with van der Waals surface area (Å²) in [5.41, 5.74) is 2.30. The normalized spacial score (nSPS) is 10.8. The van der Waals surface area contributed by atoms with Crippen LogP contribution in [-0.4, -0.2) is 27.8 Å². The molecular formula is C19H16N4O3. The average Bonchev–Trinajstić information content (AvgIpc) is 3.32. The van der Waals surface area contributed by atoms with E-state index in [9.17, 15) is 4.79 Å². The van der Waals surface area contributed by atoms with E-state index in [1.165, 1.54) is 6.33 Å². The van der Waals surface area contributed by atoms with Gasteiger partial charge in [0.2, 0.25) is 0 Å². The van der Waals surface area contributed by atoms with Crippen LogP contribution in [0.1, 0.15) is 16.1 Å². The van der Waals surface area contributed by atoms with Gasteiger partial charge >= 0.3 is 0 Å². The molecule has 2 aromatic carbocycles. The van der Waals surface area contributed by atoms with Gasteiger partial charge in [0.25, 0.3) is 5.91 Å². The number of carbonyl (C=O) groups excluding carboxylic acids is 1. The van der Waals surface area contributed by atoms with Gasteiger partial charge in [0, 0.05) is 11.1 Å². The number of anilines is 1. The second kappa shape index (κ2) is 6.72. The number of nitrogens with one attached hydrogen (secondary N) is 1. The van der Waals surface area contributed by atoms with Crippen molar-refractivity contribution in [3.05, 3.63) is 72.5 Å². The molecule has 0 saturated heterocycles. The SMILES string of the molecule is COc1cccc2cc(C(=O)Nc3ccc(Cn4cncn4)cc3)oc12. The third kappa shape index (κ3) is 3.14. The van der Waals surface area contributed by atoms with E-state index in [2.05, 4.69) is 15.4 Å². The summed E-state index contributed by atoms with van der Waals surface area (Å²) in [6.45, 7) is 0.623. The quantitative estimate of drug-likeness (QED) is 0.598. The van der Waals surface area contributed by atoms with Crippen molar-refractivity contribution in [1.82, 2.24) is 14.8 Å². The van der Waals surface area contributed by atoms with Crippen LogP contribution in [0.15, 0.2) is 65.6 Å². The molecule has 0 spiro atoms. The van der Waals surface area contributed by atoms with Crippen LogP contribution in [0.5, 0.6) is 5.75 Å². The maximum atomic E-state index is 12.5. The molecule has 7 nitrogen and oxygen atoms in total. The largest absolute Gasteiger partial charge is 0.493 e. The first-order valence-electron chi connectivity index (χ1n) is 8.02. The Balaban J connectivity index is 1.49. The van der Waals surface area contributed by atoms with Gasteiger partial charge in [-0.05, 0) is 29.8 Å². The molecule has 7 heteroatoms. The molecule has 0 atom stereocenters. The number of para-hydroxylation sites is 1. The van der Waals surface area contributed by atoms with E-state index in [1.54, 1.807) is 30.3 Å². The molecule has 1 amide bonds. The minimum absolute atomic E-state index is 0.233. The third-order valence-corrected chi connectivity index (χ3v) is 3.97. The van der Waals surface area contributed by atoms with Gasteiger partial charge in [-0.15, -0.1) is 0 Å². The first kappa shape index (κ1) is 15.9. The number of methoxy groups -OCH3 is 1. The fourth-order valence-corrected chi connectivity index (χ4v) is 2.70. The maximum absolute atomic E-state index is 12.5. The summed E-state index contributed by atoms with van der Waals surface area (Å²) in [6.07, 6.45) is 3.16. The lowest BCUT2D eigenvalue weighted by Gasteiger charge is -2.05. The van der Waals surface area contributed by atoms with Crippen LogP contribution in [0.2, 0.25) is 0 Å². The topological polar surface area (TPSA) is 82.2 Å². The Kier molecular flexibility index (Phi) is 4.10.